The number of hydrogen-bond donors (Lipinski definition) is 1. The smallest absolute Gasteiger partial charge is 0.304 e. The number of halogens is 5. The fraction of sp³-hybridized carbons (Fsp3) is 0.286. The molecule has 16 heavy (non-hydrogen) atoms. The van der Waals surface area contributed by atoms with Crippen molar-refractivity contribution in [3.8, 4) is 0 Å². The standard InChI is InChI=1S/C7H4BrF4N3O/c8-3-1-14-4(2-13-3)15-6(16)7(11,12)5(9)10/h1-2,5H,(H,14,15,16). The summed E-state index contributed by atoms with van der Waals surface area (Å²) in [5, 5.41) is 1.53. The predicted octanol–water partition coefficient (Wildman–Crippen LogP) is 2.08. The molecule has 1 N–H and O–H groups in total. The van der Waals surface area contributed by atoms with Gasteiger partial charge in [-0.2, -0.15) is 8.78 Å². The molecule has 0 aliphatic heterocycles. The molecule has 0 fully saturated rings. The lowest BCUT2D eigenvalue weighted by Gasteiger charge is -2.13. The number of hydrogen-bond acceptors (Lipinski definition) is 3. The average molecular weight is 302 g/mol. The Morgan fingerprint density at radius 3 is 2.44 bits per heavy atom. The van der Waals surface area contributed by atoms with Gasteiger partial charge in [0.2, 0.25) is 0 Å². The second-order valence-electron chi connectivity index (χ2n) is 2.60. The van der Waals surface area contributed by atoms with E-state index >= 15 is 0 Å². The van der Waals surface area contributed by atoms with E-state index in [1.54, 1.807) is 0 Å². The first kappa shape index (κ1) is 12.8. The minimum Gasteiger partial charge on any atom is -0.304 e. The Kier molecular flexibility index (Phi) is 3.79. The highest BCUT2D eigenvalue weighted by molar-refractivity contribution is 9.10. The molecule has 0 atom stereocenters. The van der Waals surface area contributed by atoms with E-state index in [0.717, 1.165) is 12.4 Å². The highest BCUT2D eigenvalue weighted by Gasteiger charge is 2.49. The summed E-state index contributed by atoms with van der Waals surface area (Å²) >= 11 is 2.92. The monoisotopic (exact) mass is 301 g/mol. The van der Waals surface area contributed by atoms with Gasteiger partial charge >= 0.3 is 18.3 Å². The first-order valence-corrected chi connectivity index (χ1v) is 4.58. The summed E-state index contributed by atoms with van der Waals surface area (Å²) in [6.45, 7) is 0. The van der Waals surface area contributed by atoms with E-state index in [-0.39, 0.29) is 5.82 Å². The summed E-state index contributed by atoms with van der Waals surface area (Å²) in [4.78, 5) is 17.8. The molecular formula is C7H4BrF4N3O. The molecule has 0 aliphatic rings. The third-order valence-corrected chi connectivity index (χ3v) is 1.85. The van der Waals surface area contributed by atoms with E-state index in [1.165, 1.54) is 5.32 Å². The van der Waals surface area contributed by atoms with E-state index in [2.05, 4.69) is 25.9 Å². The molecule has 0 saturated carbocycles. The summed E-state index contributed by atoms with van der Waals surface area (Å²) in [5.74, 6) is -7.22. The van der Waals surface area contributed by atoms with Gasteiger partial charge in [-0.3, -0.25) is 4.79 Å². The van der Waals surface area contributed by atoms with E-state index in [1.807, 2.05) is 0 Å². The molecule has 0 spiro atoms. The topological polar surface area (TPSA) is 54.9 Å². The summed E-state index contributed by atoms with van der Waals surface area (Å²) in [7, 11) is 0. The second-order valence-corrected chi connectivity index (χ2v) is 3.41. The number of aromatic nitrogens is 2. The van der Waals surface area contributed by atoms with Crippen LogP contribution in [0.2, 0.25) is 0 Å². The van der Waals surface area contributed by atoms with Gasteiger partial charge in [-0.05, 0) is 15.9 Å². The summed E-state index contributed by atoms with van der Waals surface area (Å²) < 4.78 is 48.8. The number of alkyl halides is 4. The van der Waals surface area contributed by atoms with Crippen molar-refractivity contribution >= 4 is 27.7 Å². The van der Waals surface area contributed by atoms with Gasteiger partial charge in [-0.25, -0.2) is 18.7 Å². The minimum atomic E-state index is -4.76. The van der Waals surface area contributed by atoms with Crippen LogP contribution in [0.5, 0.6) is 0 Å². The molecule has 1 amide bonds. The van der Waals surface area contributed by atoms with Gasteiger partial charge < -0.3 is 5.32 Å². The van der Waals surface area contributed by atoms with Crippen LogP contribution in [-0.2, 0) is 4.79 Å². The fourth-order valence-electron chi connectivity index (χ4n) is 0.676. The third kappa shape index (κ3) is 2.87. The molecule has 0 aliphatic carbocycles. The lowest BCUT2D eigenvalue weighted by atomic mass is 10.3. The molecule has 1 aromatic heterocycles. The largest absolute Gasteiger partial charge is 0.383 e. The molecular weight excluding hydrogens is 298 g/mol. The molecule has 0 aromatic carbocycles. The molecule has 1 aromatic rings. The first-order valence-electron chi connectivity index (χ1n) is 3.79. The quantitative estimate of drug-likeness (QED) is 0.870. The van der Waals surface area contributed by atoms with Gasteiger partial charge in [0.15, 0.2) is 5.82 Å². The molecule has 1 heterocycles. The Bertz CT molecular complexity index is 384. The highest BCUT2D eigenvalue weighted by atomic mass is 79.9. The van der Waals surface area contributed by atoms with Gasteiger partial charge in [0.1, 0.15) is 4.60 Å². The Balaban J connectivity index is 2.75. The van der Waals surface area contributed by atoms with Crippen LogP contribution < -0.4 is 5.32 Å². The maximum Gasteiger partial charge on any atom is 0.383 e. The zero-order valence-corrected chi connectivity index (χ0v) is 9.01. The van der Waals surface area contributed by atoms with Gasteiger partial charge in [-0.15, -0.1) is 0 Å². The van der Waals surface area contributed by atoms with Crippen molar-refractivity contribution in [2.24, 2.45) is 0 Å². The highest BCUT2D eigenvalue weighted by Crippen LogP contribution is 2.24. The normalized spacial score (nSPS) is 11.6. The fourth-order valence-corrected chi connectivity index (χ4v) is 0.880. The number of nitrogens with zero attached hydrogens (tertiary/aromatic N) is 2. The lowest BCUT2D eigenvalue weighted by molar-refractivity contribution is -0.163. The molecule has 0 saturated heterocycles. The maximum absolute atomic E-state index is 12.5. The van der Waals surface area contributed by atoms with Crippen LogP contribution in [0.15, 0.2) is 17.0 Å². The number of carbonyl (C=O) groups excluding carboxylic acids is 1. The zero-order chi connectivity index (χ0) is 12.3. The Morgan fingerprint density at radius 1 is 1.38 bits per heavy atom. The second kappa shape index (κ2) is 4.73. The summed E-state index contributed by atoms with van der Waals surface area (Å²) in [5.41, 5.74) is 0. The Morgan fingerprint density at radius 2 is 2.00 bits per heavy atom. The molecule has 0 bridgehead atoms. The summed E-state index contributed by atoms with van der Waals surface area (Å²) in [6.07, 6.45) is -2.00. The Labute approximate surface area is 95.2 Å². The van der Waals surface area contributed by atoms with Crippen molar-refractivity contribution in [2.75, 3.05) is 5.32 Å². The molecule has 0 unspecified atom stereocenters. The van der Waals surface area contributed by atoms with Crippen molar-refractivity contribution in [1.29, 1.82) is 0 Å². The third-order valence-electron chi connectivity index (χ3n) is 1.44. The number of nitrogens with one attached hydrogen (secondary N) is 1. The SMILES string of the molecule is O=C(Nc1cnc(Br)cn1)C(F)(F)C(F)F. The summed E-state index contributed by atoms with van der Waals surface area (Å²) in [6, 6.07) is 0. The van der Waals surface area contributed by atoms with E-state index in [9.17, 15) is 22.4 Å². The van der Waals surface area contributed by atoms with E-state index in [4.69, 9.17) is 0 Å². The number of carbonyl (C=O) groups is 1. The molecule has 9 heteroatoms. The number of anilines is 1. The van der Waals surface area contributed by atoms with Crippen molar-refractivity contribution in [3.05, 3.63) is 17.0 Å². The van der Waals surface area contributed by atoms with Crippen LogP contribution in [0.25, 0.3) is 0 Å². The van der Waals surface area contributed by atoms with Crippen LogP contribution in [-0.4, -0.2) is 28.2 Å². The van der Waals surface area contributed by atoms with Crippen LogP contribution in [0.1, 0.15) is 0 Å². The Hall–Kier alpha value is -1.25. The zero-order valence-electron chi connectivity index (χ0n) is 7.42. The molecule has 88 valence electrons. The van der Waals surface area contributed by atoms with Crippen LogP contribution in [0.4, 0.5) is 23.4 Å². The van der Waals surface area contributed by atoms with Crippen molar-refractivity contribution < 1.29 is 22.4 Å². The average Bonchev–Trinajstić information content (AvgIpc) is 2.21. The molecule has 1 rings (SSSR count). The van der Waals surface area contributed by atoms with Gasteiger partial charge in [-0.1, -0.05) is 0 Å². The van der Waals surface area contributed by atoms with E-state index < -0.39 is 18.3 Å². The molecule has 0 radical (unpaired) electrons. The van der Waals surface area contributed by atoms with Crippen molar-refractivity contribution in [2.45, 2.75) is 12.3 Å². The predicted molar refractivity (Wildman–Crippen MR) is 49.3 cm³/mol. The van der Waals surface area contributed by atoms with Gasteiger partial charge in [0.05, 0.1) is 12.4 Å². The van der Waals surface area contributed by atoms with Crippen LogP contribution in [0.3, 0.4) is 0 Å². The first-order chi connectivity index (χ1) is 7.34. The number of amides is 1. The number of rotatable bonds is 3. The van der Waals surface area contributed by atoms with Gasteiger partial charge in [0.25, 0.3) is 0 Å². The van der Waals surface area contributed by atoms with Crippen LogP contribution in [0, 0.1) is 0 Å². The van der Waals surface area contributed by atoms with Crippen LogP contribution >= 0.6 is 15.9 Å². The minimum absolute atomic E-state index is 0.311. The van der Waals surface area contributed by atoms with Crippen molar-refractivity contribution in [3.63, 3.8) is 0 Å². The molecule has 4 nitrogen and oxygen atoms in total. The van der Waals surface area contributed by atoms with Crippen molar-refractivity contribution in [1.82, 2.24) is 9.97 Å². The van der Waals surface area contributed by atoms with E-state index in [0.29, 0.717) is 4.60 Å². The van der Waals surface area contributed by atoms with Gasteiger partial charge in [0, 0.05) is 0 Å². The lowest BCUT2D eigenvalue weighted by Crippen LogP contribution is -2.41. The maximum atomic E-state index is 12.5.